The van der Waals surface area contributed by atoms with Crippen molar-refractivity contribution in [3.8, 4) is 0 Å². The molecule has 0 bridgehead atoms. The van der Waals surface area contributed by atoms with Crippen LogP contribution in [0.5, 0.6) is 0 Å². The number of carbonyl (C=O) groups excluding carboxylic acids is 2. The number of hydrogen-bond donors (Lipinski definition) is 1. The van der Waals surface area contributed by atoms with Gasteiger partial charge < -0.3 is 10.1 Å². The average Bonchev–Trinajstić information content (AvgIpc) is 2.72. The van der Waals surface area contributed by atoms with Crippen LogP contribution in [0, 0.1) is 5.82 Å². The predicted molar refractivity (Wildman–Crippen MR) is 106 cm³/mol. The highest BCUT2D eigenvalue weighted by Gasteiger charge is 2.20. The average molecular weight is 378 g/mol. The molecule has 1 amide bonds. The van der Waals surface area contributed by atoms with Gasteiger partial charge >= 0.3 is 5.97 Å². The maximum absolute atomic E-state index is 12.9. The first-order valence-corrected chi connectivity index (χ1v) is 8.85. The van der Waals surface area contributed by atoms with Gasteiger partial charge in [0.15, 0.2) is 6.10 Å². The zero-order chi connectivity index (χ0) is 19.9. The second-order valence-corrected chi connectivity index (χ2v) is 6.09. The minimum atomic E-state index is -0.951. The molecule has 1 N–H and O–H groups in total. The van der Waals surface area contributed by atoms with E-state index in [0.717, 1.165) is 16.5 Å². The van der Waals surface area contributed by atoms with E-state index < -0.39 is 23.8 Å². The Morgan fingerprint density at radius 2 is 1.89 bits per heavy atom. The Morgan fingerprint density at radius 1 is 1.14 bits per heavy atom. The highest BCUT2D eigenvalue weighted by molar-refractivity contribution is 5.97. The molecule has 1 atom stereocenters. The maximum atomic E-state index is 12.9. The van der Waals surface area contributed by atoms with Gasteiger partial charge in [-0.15, -0.1) is 0 Å². The van der Waals surface area contributed by atoms with Crippen LogP contribution in [0.4, 0.5) is 10.1 Å². The van der Waals surface area contributed by atoms with Crippen molar-refractivity contribution in [3.05, 3.63) is 78.3 Å². The molecule has 1 unspecified atom stereocenters. The van der Waals surface area contributed by atoms with Crippen LogP contribution >= 0.6 is 0 Å². The standard InChI is InChI=1S/C22H19FN2O3/c1-2-19(22(27)25-18-11-9-17(23)10-12-18)28-20(26)13-8-16-6-3-5-15-7-4-14-24-21(15)16/h3-14,19H,2H2,1H3,(H,25,27)/b13-8+. The van der Waals surface area contributed by atoms with Crippen molar-refractivity contribution in [1.82, 2.24) is 4.98 Å². The van der Waals surface area contributed by atoms with Crippen LogP contribution in [0.1, 0.15) is 18.9 Å². The number of ether oxygens (including phenoxy) is 1. The van der Waals surface area contributed by atoms with Crippen molar-refractivity contribution in [2.24, 2.45) is 0 Å². The Hall–Kier alpha value is -3.54. The van der Waals surface area contributed by atoms with E-state index in [9.17, 15) is 14.0 Å². The van der Waals surface area contributed by atoms with Crippen molar-refractivity contribution in [3.63, 3.8) is 0 Å². The van der Waals surface area contributed by atoms with Gasteiger partial charge in [0, 0.05) is 28.9 Å². The molecule has 1 aromatic heterocycles. The molecule has 142 valence electrons. The lowest BCUT2D eigenvalue weighted by atomic mass is 10.1. The van der Waals surface area contributed by atoms with E-state index in [4.69, 9.17) is 4.74 Å². The number of rotatable bonds is 6. The number of fused-ring (bicyclic) bond motifs is 1. The highest BCUT2D eigenvalue weighted by Crippen LogP contribution is 2.17. The number of aromatic nitrogens is 1. The Kier molecular flexibility index (Phi) is 6.11. The van der Waals surface area contributed by atoms with Gasteiger partial charge in [-0.2, -0.15) is 0 Å². The zero-order valence-electron chi connectivity index (χ0n) is 15.3. The van der Waals surface area contributed by atoms with Crippen molar-refractivity contribution >= 4 is 34.5 Å². The first-order chi connectivity index (χ1) is 13.6. The summed E-state index contributed by atoms with van der Waals surface area (Å²) in [5.41, 5.74) is 1.98. The summed E-state index contributed by atoms with van der Waals surface area (Å²) in [6.45, 7) is 1.74. The number of halogens is 1. The van der Waals surface area contributed by atoms with E-state index in [-0.39, 0.29) is 0 Å². The fourth-order valence-corrected chi connectivity index (χ4v) is 2.68. The largest absolute Gasteiger partial charge is 0.449 e. The summed E-state index contributed by atoms with van der Waals surface area (Å²) in [7, 11) is 0. The number of benzene rings is 2. The third-order valence-corrected chi connectivity index (χ3v) is 4.10. The Bertz CT molecular complexity index is 1010. The van der Waals surface area contributed by atoms with Crippen LogP contribution in [0.15, 0.2) is 66.9 Å². The molecule has 0 fully saturated rings. The van der Waals surface area contributed by atoms with Gasteiger partial charge in [-0.3, -0.25) is 9.78 Å². The van der Waals surface area contributed by atoms with E-state index in [2.05, 4.69) is 10.3 Å². The number of nitrogens with one attached hydrogen (secondary N) is 1. The van der Waals surface area contributed by atoms with Gasteiger partial charge in [0.1, 0.15) is 5.82 Å². The van der Waals surface area contributed by atoms with E-state index in [1.54, 1.807) is 19.2 Å². The monoisotopic (exact) mass is 378 g/mol. The molecule has 6 heteroatoms. The Morgan fingerprint density at radius 3 is 2.64 bits per heavy atom. The highest BCUT2D eigenvalue weighted by atomic mass is 19.1. The molecule has 3 aromatic rings. The Labute approximate surface area is 161 Å². The Balaban J connectivity index is 1.65. The molecule has 0 aliphatic heterocycles. The van der Waals surface area contributed by atoms with E-state index in [0.29, 0.717) is 12.1 Å². The molecule has 0 radical (unpaired) electrons. The van der Waals surface area contributed by atoms with Crippen LogP contribution in [0.3, 0.4) is 0 Å². The van der Waals surface area contributed by atoms with E-state index in [1.165, 1.54) is 30.3 Å². The summed E-state index contributed by atoms with van der Waals surface area (Å²) < 4.78 is 18.2. The molecule has 0 saturated carbocycles. The maximum Gasteiger partial charge on any atom is 0.331 e. The lowest BCUT2D eigenvalue weighted by Crippen LogP contribution is -2.31. The van der Waals surface area contributed by atoms with Crippen LogP contribution in [-0.4, -0.2) is 23.0 Å². The molecule has 2 aromatic carbocycles. The normalized spacial score (nSPS) is 12.1. The van der Waals surface area contributed by atoms with Crippen molar-refractivity contribution in [2.75, 3.05) is 5.32 Å². The van der Waals surface area contributed by atoms with Gasteiger partial charge in [0.05, 0.1) is 5.52 Å². The molecule has 1 heterocycles. The fourth-order valence-electron chi connectivity index (χ4n) is 2.68. The number of amides is 1. The first kappa shape index (κ1) is 19.2. The van der Waals surface area contributed by atoms with Gasteiger partial charge in [0.2, 0.25) is 0 Å². The van der Waals surface area contributed by atoms with Gasteiger partial charge in [-0.1, -0.05) is 31.2 Å². The number of esters is 1. The summed E-state index contributed by atoms with van der Waals surface area (Å²) in [5.74, 6) is -1.50. The molecule has 0 spiro atoms. The first-order valence-electron chi connectivity index (χ1n) is 8.85. The minimum absolute atomic E-state index is 0.308. The zero-order valence-corrected chi connectivity index (χ0v) is 15.3. The van der Waals surface area contributed by atoms with Crippen LogP contribution < -0.4 is 5.32 Å². The number of carbonyl (C=O) groups is 2. The summed E-state index contributed by atoms with van der Waals surface area (Å²) in [4.78, 5) is 28.8. The second kappa shape index (κ2) is 8.90. The van der Waals surface area contributed by atoms with Gasteiger partial charge in [-0.05, 0) is 42.8 Å². The number of pyridine rings is 1. The molecular formula is C22H19FN2O3. The van der Waals surface area contributed by atoms with Crippen LogP contribution in [0.25, 0.3) is 17.0 Å². The van der Waals surface area contributed by atoms with Crippen LogP contribution in [-0.2, 0) is 14.3 Å². The summed E-state index contributed by atoms with van der Waals surface area (Å²) in [6, 6.07) is 14.8. The van der Waals surface area contributed by atoms with E-state index in [1.807, 2.05) is 30.3 Å². The van der Waals surface area contributed by atoms with E-state index >= 15 is 0 Å². The fraction of sp³-hybridized carbons (Fsp3) is 0.136. The molecule has 0 aliphatic rings. The number of anilines is 1. The lowest BCUT2D eigenvalue weighted by molar-refractivity contribution is -0.149. The third-order valence-electron chi connectivity index (χ3n) is 4.10. The summed E-state index contributed by atoms with van der Waals surface area (Å²) in [5, 5.41) is 3.57. The van der Waals surface area contributed by atoms with Gasteiger partial charge in [-0.25, -0.2) is 9.18 Å². The number of hydrogen-bond acceptors (Lipinski definition) is 4. The van der Waals surface area contributed by atoms with Gasteiger partial charge in [0.25, 0.3) is 5.91 Å². The second-order valence-electron chi connectivity index (χ2n) is 6.09. The molecule has 5 nitrogen and oxygen atoms in total. The SMILES string of the molecule is CCC(OC(=O)/C=C/c1cccc2cccnc12)C(=O)Nc1ccc(F)cc1. The number of para-hydroxylation sites is 1. The predicted octanol–water partition coefficient (Wildman–Crippen LogP) is 4.35. The van der Waals surface area contributed by atoms with Crippen molar-refractivity contribution < 1.29 is 18.7 Å². The molecule has 28 heavy (non-hydrogen) atoms. The lowest BCUT2D eigenvalue weighted by Gasteiger charge is -2.15. The van der Waals surface area contributed by atoms with Crippen molar-refractivity contribution in [1.29, 1.82) is 0 Å². The molecule has 3 rings (SSSR count). The topological polar surface area (TPSA) is 68.3 Å². The molecular weight excluding hydrogens is 359 g/mol. The number of nitrogens with zero attached hydrogens (tertiary/aromatic N) is 1. The summed E-state index contributed by atoms with van der Waals surface area (Å²) in [6.07, 6.45) is 3.93. The molecule has 0 aliphatic carbocycles. The third kappa shape index (κ3) is 4.79. The molecule has 0 saturated heterocycles. The minimum Gasteiger partial charge on any atom is -0.449 e. The van der Waals surface area contributed by atoms with Crippen molar-refractivity contribution in [2.45, 2.75) is 19.4 Å². The van der Waals surface area contributed by atoms with Crippen LogP contribution in [0.2, 0.25) is 0 Å². The summed E-state index contributed by atoms with van der Waals surface area (Å²) >= 11 is 0. The quantitative estimate of drug-likeness (QED) is 0.512. The smallest absolute Gasteiger partial charge is 0.331 e.